The molecule has 0 bridgehead atoms. The number of rotatable bonds is 4. The first kappa shape index (κ1) is 12.0. The molecule has 0 aromatic rings. The highest BCUT2D eigenvalue weighted by molar-refractivity contribution is 4.88. The van der Waals surface area contributed by atoms with E-state index in [0.717, 1.165) is 13.0 Å². The highest BCUT2D eigenvalue weighted by Gasteiger charge is 2.31. The van der Waals surface area contributed by atoms with Crippen molar-refractivity contribution in [3.63, 3.8) is 0 Å². The second kappa shape index (κ2) is 5.13. The topological polar surface area (TPSA) is 32.3 Å². The van der Waals surface area contributed by atoms with E-state index in [2.05, 4.69) is 19.2 Å². The Morgan fingerprint density at radius 1 is 1.43 bits per heavy atom. The second-order valence-corrected chi connectivity index (χ2v) is 5.26. The van der Waals surface area contributed by atoms with Gasteiger partial charge in [0, 0.05) is 12.6 Å². The Hall–Kier alpha value is -0.0800. The number of aliphatic hydroxyl groups is 1. The van der Waals surface area contributed by atoms with Gasteiger partial charge in [0.25, 0.3) is 0 Å². The maximum atomic E-state index is 9.50. The molecule has 0 saturated heterocycles. The maximum Gasteiger partial charge on any atom is 0.0662 e. The van der Waals surface area contributed by atoms with Gasteiger partial charge in [0.2, 0.25) is 0 Å². The third-order valence-corrected chi connectivity index (χ3v) is 3.58. The Kier molecular flexibility index (Phi) is 4.39. The first-order valence-corrected chi connectivity index (χ1v) is 5.97. The van der Waals surface area contributed by atoms with Crippen LogP contribution in [0.2, 0.25) is 0 Å². The predicted molar refractivity (Wildman–Crippen MR) is 60.3 cm³/mol. The molecule has 1 aliphatic carbocycles. The lowest BCUT2D eigenvalue weighted by Crippen LogP contribution is -2.46. The highest BCUT2D eigenvalue weighted by Crippen LogP contribution is 2.35. The molecule has 1 fully saturated rings. The van der Waals surface area contributed by atoms with Gasteiger partial charge in [0.05, 0.1) is 6.10 Å². The Balaban J connectivity index is 2.34. The number of aliphatic hydroxyl groups excluding tert-OH is 1. The van der Waals surface area contributed by atoms with Gasteiger partial charge >= 0.3 is 0 Å². The first-order chi connectivity index (χ1) is 6.56. The highest BCUT2D eigenvalue weighted by atomic mass is 16.3. The normalized spacial score (nSPS) is 28.7. The lowest BCUT2D eigenvalue weighted by Gasteiger charge is -2.39. The van der Waals surface area contributed by atoms with Gasteiger partial charge in [-0.05, 0) is 24.7 Å². The van der Waals surface area contributed by atoms with Crippen LogP contribution in [-0.4, -0.2) is 23.8 Å². The van der Waals surface area contributed by atoms with Gasteiger partial charge in [-0.1, -0.05) is 33.6 Å². The monoisotopic (exact) mass is 199 g/mol. The largest absolute Gasteiger partial charge is 0.392 e. The lowest BCUT2D eigenvalue weighted by molar-refractivity contribution is 0.124. The predicted octanol–water partition coefficient (Wildman–Crippen LogP) is 2.32. The second-order valence-electron chi connectivity index (χ2n) is 5.26. The van der Waals surface area contributed by atoms with Crippen molar-refractivity contribution in [2.45, 2.75) is 65.0 Å². The zero-order valence-electron chi connectivity index (χ0n) is 9.84. The molecule has 1 saturated carbocycles. The van der Waals surface area contributed by atoms with Gasteiger partial charge < -0.3 is 10.4 Å². The Morgan fingerprint density at radius 3 is 2.71 bits per heavy atom. The lowest BCUT2D eigenvalue weighted by atomic mass is 9.73. The summed E-state index contributed by atoms with van der Waals surface area (Å²) in [5.41, 5.74) is 0.408. The molecule has 14 heavy (non-hydrogen) atoms. The molecule has 0 amide bonds. The summed E-state index contributed by atoms with van der Waals surface area (Å²) in [6.07, 6.45) is 5.95. The summed E-state index contributed by atoms with van der Waals surface area (Å²) in [7, 11) is 0. The van der Waals surface area contributed by atoms with Crippen molar-refractivity contribution in [3.8, 4) is 0 Å². The molecule has 1 rings (SSSR count). The molecular formula is C12H25NO. The Morgan fingerprint density at radius 2 is 2.14 bits per heavy atom. The van der Waals surface area contributed by atoms with Crippen molar-refractivity contribution in [2.24, 2.45) is 5.41 Å². The summed E-state index contributed by atoms with van der Waals surface area (Å²) in [6, 6.07) is 0.595. The number of hydrogen-bond acceptors (Lipinski definition) is 2. The number of nitrogens with one attached hydrogen (secondary N) is 1. The first-order valence-electron chi connectivity index (χ1n) is 5.97. The fourth-order valence-corrected chi connectivity index (χ4v) is 2.30. The fourth-order valence-electron chi connectivity index (χ4n) is 2.30. The van der Waals surface area contributed by atoms with Gasteiger partial charge in [-0.15, -0.1) is 0 Å². The van der Waals surface area contributed by atoms with E-state index >= 15 is 0 Å². The van der Waals surface area contributed by atoms with E-state index in [4.69, 9.17) is 0 Å². The molecule has 0 aromatic carbocycles. The molecule has 2 unspecified atom stereocenters. The van der Waals surface area contributed by atoms with Crippen LogP contribution >= 0.6 is 0 Å². The van der Waals surface area contributed by atoms with Gasteiger partial charge in [-0.25, -0.2) is 0 Å². The molecule has 2 N–H and O–H groups in total. The minimum atomic E-state index is -0.173. The smallest absolute Gasteiger partial charge is 0.0662 e. The van der Waals surface area contributed by atoms with E-state index in [1.165, 1.54) is 25.7 Å². The fraction of sp³-hybridized carbons (Fsp3) is 1.00. The zero-order valence-corrected chi connectivity index (χ0v) is 9.84. The summed E-state index contributed by atoms with van der Waals surface area (Å²) < 4.78 is 0. The summed E-state index contributed by atoms with van der Waals surface area (Å²) >= 11 is 0. The average Bonchev–Trinajstić information content (AvgIpc) is 2.15. The molecule has 0 heterocycles. The Labute approximate surface area is 88.1 Å². The molecule has 0 radical (unpaired) electrons. The van der Waals surface area contributed by atoms with Crippen LogP contribution in [0, 0.1) is 5.41 Å². The van der Waals surface area contributed by atoms with Crippen molar-refractivity contribution in [3.05, 3.63) is 0 Å². The minimum Gasteiger partial charge on any atom is -0.392 e. The molecule has 84 valence electrons. The van der Waals surface area contributed by atoms with Crippen LogP contribution in [0.25, 0.3) is 0 Å². The molecule has 1 aliphatic rings. The van der Waals surface area contributed by atoms with Crippen molar-refractivity contribution in [1.29, 1.82) is 0 Å². The van der Waals surface area contributed by atoms with Crippen molar-refractivity contribution < 1.29 is 5.11 Å². The quantitative estimate of drug-likeness (QED) is 0.728. The van der Waals surface area contributed by atoms with Crippen LogP contribution in [0.3, 0.4) is 0 Å². The van der Waals surface area contributed by atoms with E-state index in [9.17, 15) is 5.11 Å². The van der Waals surface area contributed by atoms with E-state index in [0.29, 0.717) is 11.5 Å². The van der Waals surface area contributed by atoms with E-state index in [1.54, 1.807) is 0 Å². The van der Waals surface area contributed by atoms with Crippen LogP contribution in [0.5, 0.6) is 0 Å². The van der Waals surface area contributed by atoms with Crippen molar-refractivity contribution in [1.82, 2.24) is 5.32 Å². The van der Waals surface area contributed by atoms with Crippen LogP contribution in [0.15, 0.2) is 0 Å². The molecule has 0 spiro atoms. The minimum absolute atomic E-state index is 0.173. The molecule has 2 heteroatoms. The summed E-state index contributed by atoms with van der Waals surface area (Å²) in [5, 5.41) is 13.0. The van der Waals surface area contributed by atoms with E-state index in [1.807, 2.05) is 6.92 Å². The molecule has 2 nitrogen and oxygen atoms in total. The third kappa shape index (κ3) is 3.25. The molecule has 2 atom stereocenters. The molecule has 0 aromatic heterocycles. The summed E-state index contributed by atoms with van der Waals surface area (Å²) in [6.45, 7) is 7.45. The zero-order chi connectivity index (χ0) is 10.6. The standard InChI is InChI=1S/C12H25NO/c1-4-10(14)9-13-11-7-5-6-8-12(11,2)3/h10-11,13-14H,4-9H2,1-3H3. The molecular weight excluding hydrogens is 174 g/mol. The van der Waals surface area contributed by atoms with Crippen molar-refractivity contribution >= 4 is 0 Å². The Bertz CT molecular complexity index is 168. The van der Waals surface area contributed by atoms with Crippen LogP contribution < -0.4 is 5.32 Å². The van der Waals surface area contributed by atoms with Crippen LogP contribution in [-0.2, 0) is 0 Å². The maximum absolute atomic E-state index is 9.50. The van der Waals surface area contributed by atoms with Gasteiger partial charge in [-0.2, -0.15) is 0 Å². The average molecular weight is 199 g/mol. The summed E-state index contributed by atoms with van der Waals surface area (Å²) in [4.78, 5) is 0. The van der Waals surface area contributed by atoms with Gasteiger partial charge in [-0.3, -0.25) is 0 Å². The van der Waals surface area contributed by atoms with Gasteiger partial charge in [0.15, 0.2) is 0 Å². The molecule has 0 aliphatic heterocycles. The van der Waals surface area contributed by atoms with Crippen molar-refractivity contribution in [2.75, 3.05) is 6.54 Å². The number of hydrogen-bond donors (Lipinski definition) is 2. The SMILES string of the molecule is CCC(O)CNC1CCCCC1(C)C. The van der Waals surface area contributed by atoms with E-state index < -0.39 is 0 Å². The van der Waals surface area contributed by atoms with E-state index in [-0.39, 0.29) is 6.10 Å². The third-order valence-electron chi connectivity index (χ3n) is 3.58. The summed E-state index contributed by atoms with van der Waals surface area (Å²) in [5.74, 6) is 0. The van der Waals surface area contributed by atoms with Crippen LogP contribution in [0.4, 0.5) is 0 Å². The van der Waals surface area contributed by atoms with Gasteiger partial charge in [0.1, 0.15) is 0 Å². The van der Waals surface area contributed by atoms with Crippen LogP contribution in [0.1, 0.15) is 52.9 Å².